The topological polar surface area (TPSA) is 89.2 Å². The van der Waals surface area contributed by atoms with Gasteiger partial charge in [-0.2, -0.15) is 0 Å². The number of amides is 2. The molecule has 17 heavy (non-hydrogen) atoms. The third-order valence-electron chi connectivity index (χ3n) is 2.47. The van der Waals surface area contributed by atoms with Crippen LogP contribution in [-0.2, 0) is 9.59 Å². The number of carbonyl (C=O) groups excluding carboxylic acids is 2. The highest BCUT2D eigenvalue weighted by molar-refractivity contribution is 9.11. The molecule has 1 fully saturated rings. The highest BCUT2D eigenvalue weighted by atomic mass is 79.9. The predicted molar refractivity (Wildman–Crippen MR) is 67.1 cm³/mol. The van der Waals surface area contributed by atoms with Crippen LogP contribution in [-0.4, -0.2) is 28.3 Å². The summed E-state index contributed by atoms with van der Waals surface area (Å²) >= 11 is 6.40. The van der Waals surface area contributed by atoms with Crippen molar-refractivity contribution in [3.05, 3.63) is 15.4 Å². The monoisotopic (exact) mass is 362 g/mol. The Bertz CT molecular complexity index is 494. The Morgan fingerprint density at radius 3 is 2.76 bits per heavy atom. The van der Waals surface area contributed by atoms with E-state index < -0.39 is 11.8 Å². The molecule has 0 radical (unpaired) electrons. The maximum atomic E-state index is 11.7. The van der Waals surface area contributed by atoms with Gasteiger partial charge in [0.05, 0.1) is 12.1 Å². The quantitative estimate of drug-likeness (QED) is 0.843. The van der Waals surface area contributed by atoms with Gasteiger partial charge >= 0.3 is 0 Å². The minimum Gasteiger partial charge on any atom is -0.369 e. The Balaban J connectivity index is 2.29. The zero-order valence-electron chi connectivity index (χ0n) is 8.56. The smallest absolute Gasteiger partial charge is 0.229 e. The van der Waals surface area contributed by atoms with Gasteiger partial charge in [-0.25, -0.2) is 9.97 Å². The van der Waals surface area contributed by atoms with Crippen LogP contribution in [0.1, 0.15) is 6.42 Å². The second-order valence-corrected chi connectivity index (χ2v) is 5.18. The van der Waals surface area contributed by atoms with Gasteiger partial charge in [0.2, 0.25) is 11.8 Å². The number of nitrogens with two attached hydrogens (primary N) is 1. The Hall–Kier alpha value is -1.02. The first-order valence-electron chi connectivity index (χ1n) is 4.76. The predicted octanol–water partition coefficient (Wildman–Crippen LogP) is 0.840. The van der Waals surface area contributed by atoms with Crippen molar-refractivity contribution >= 4 is 49.5 Å². The van der Waals surface area contributed by atoms with Crippen molar-refractivity contribution in [3.8, 4) is 0 Å². The third-order valence-corrected chi connectivity index (χ3v) is 3.38. The molecular formula is C9H8Br2N4O2. The van der Waals surface area contributed by atoms with Gasteiger partial charge in [-0.3, -0.25) is 14.5 Å². The lowest BCUT2D eigenvalue weighted by atomic mass is 10.1. The molecule has 1 aliphatic heterocycles. The number of primary amides is 1. The largest absolute Gasteiger partial charge is 0.369 e. The number of rotatable bonds is 2. The summed E-state index contributed by atoms with van der Waals surface area (Å²) in [5.41, 5.74) is 5.19. The fourth-order valence-corrected chi connectivity index (χ4v) is 2.65. The molecule has 8 heteroatoms. The van der Waals surface area contributed by atoms with Gasteiger partial charge in [-0.15, -0.1) is 0 Å². The van der Waals surface area contributed by atoms with Crippen LogP contribution in [0.5, 0.6) is 0 Å². The van der Waals surface area contributed by atoms with Crippen LogP contribution < -0.4 is 10.6 Å². The molecule has 0 bridgehead atoms. The number of halogens is 2. The molecule has 2 rings (SSSR count). The van der Waals surface area contributed by atoms with E-state index in [9.17, 15) is 9.59 Å². The maximum Gasteiger partial charge on any atom is 0.229 e. The van der Waals surface area contributed by atoms with Crippen LogP contribution in [0.3, 0.4) is 0 Å². The lowest BCUT2D eigenvalue weighted by Crippen LogP contribution is -2.29. The van der Waals surface area contributed by atoms with E-state index in [1.165, 1.54) is 11.1 Å². The van der Waals surface area contributed by atoms with Crippen LogP contribution in [0.2, 0.25) is 0 Å². The van der Waals surface area contributed by atoms with Crippen LogP contribution in [0.15, 0.2) is 15.4 Å². The average Bonchev–Trinajstić information content (AvgIpc) is 2.61. The van der Waals surface area contributed by atoms with Gasteiger partial charge in [0.15, 0.2) is 5.82 Å². The molecule has 1 aromatic heterocycles. The number of hydrogen-bond donors (Lipinski definition) is 1. The van der Waals surface area contributed by atoms with Crippen LogP contribution in [0.25, 0.3) is 0 Å². The van der Waals surface area contributed by atoms with Gasteiger partial charge in [0, 0.05) is 13.0 Å². The third kappa shape index (κ3) is 2.47. The zero-order chi connectivity index (χ0) is 12.6. The molecule has 2 heterocycles. The Morgan fingerprint density at radius 1 is 1.53 bits per heavy atom. The first-order valence-corrected chi connectivity index (χ1v) is 6.35. The molecule has 1 aliphatic rings. The SMILES string of the molecule is NC(=O)C1CC(=O)N(c2ncc(Br)nc2Br)C1. The fourth-order valence-electron chi connectivity index (χ4n) is 1.62. The second kappa shape index (κ2) is 4.69. The molecule has 0 aromatic carbocycles. The highest BCUT2D eigenvalue weighted by Crippen LogP contribution is 2.29. The summed E-state index contributed by atoms with van der Waals surface area (Å²) in [5, 5.41) is 0. The van der Waals surface area contributed by atoms with Crippen molar-refractivity contribution in [2.75, 3.05) is 11.4 Å². The Morgan fingerprint density at radius 2 is 2.24 bits per heavy atom. The number of nitrogens with zero attached hydrogens (tertiary/aromatic N) is 3. The van der Waals surface area contributed by atoms with E-state index in [4.69, 9.17) is 5.73 Å². The Labute approximate surface area is 114 Å². The maximum absolute atomic E-state index is 11.7. The summed E-state index contributed by atoms with van der Waals surface area (Å²) < 4.78 is 1.01. The van der Waals surface area contributed by atoms with Crippen molar-refractivity contribution in [2.45, 2.75) is 6.42 Å². The van der Waals surface area contributed by atoms with E-state index in [2.05, 4.69) is 41.8 Å². The van der Waals surface area contributed by atoms with E-state index in [1.807, 2.05) is 0 Å². The molecule has 2 N–H and O–H groups in total. The summed E-state index contributed by atoms with van der Waals surface area (Å²) in [7, 11) is 0. The van der Waals surface area contributed by atoms with E-state index >= 15 is 0 Å². The lowest BCUT2D eigenvalue weighted by Gasteiger charge is -2.15. The van der Waals surface area contributed by atoms with E-state index in [0.717, 1.165) is 0 Å². The molecule has 90 valence electrons. The molecule has 0 spiro atoms. The summed E-state index contributed by atoms with van der Waals surface area (Å²) in [5.74, 6) is -0.699. The molecule has 1 atom stereocenters. The van der Waals surface area contributed by atoms with Crippen LogP contribution in [0, 0.1) is 5.92 Å². The average molecular weight is 364 g/mol. The standard InChI is InChI=1S/C9H8Br2N4O2/c10-5-2-13-9(7(11)14-5)15-3-4(8(12)17)1-6(15)16/h2,4H,1,3H2,(H2,12,17). The van der Waals surface area contributed by atoms with Gasteiger partial charge in [-0.1, -0.05) is 0 Å². The highest BCUT2D eigenvalue weighted by Gasteiger charge is 2.35. The molecule has 1 unspecified atom stereocenters. The van der Waals surface area contributed by atoms with E-state index in [0.29, 0.717) is 15.0 Å². The molecule has 0 aliphatic carbocycles. The van der Waals surface area contributed by atoms with Crippen molar-refractivity contribution in [1.29, 1.82) is 0 Å². The zero-order valence-corrected chi connectivity index (χ0v) is 11.7. The van der Waals surface area contributed by atoms with Gasteiger partial charge in [0.1, 0.15) is 9.21 Å². The van der Waals surface area contributed by atoms with Crippen molar-refractivity contribution in [2.24, 2.45) is 11.7 Å². The van der Waals surface area contributed by atoms with Gasteiger partial charge in [0.25, 0.3) is 0 Å². The van der Waals surface area contributed by atoms with Crippen molar-refractivity contribution < 1.29 is 9.59 Å². The number of carbonyl (C=O) groups is 2. The van der Waals surface area contributed by atoms with Crippen molar-refractivity contribution in [3.63, 3.8) is 0 Å². The second-order valence-electron chi connectivity index (χ2n) is 3.61. The number of anilines is 1. The summed E-state index contributed by atoms with van der Waals surface area (Å²) in [6.45, 7) is 0.253. The minimum absolute atomic E-state index is 0.125. The van der Waals surface area contributed by atoms with E-state index in [1.54, 1.807) is 0 Å². The molecule has 6 nitrogen and oxygen atoms in total. The van der Waals surface area contributed by atoms with Crippen LogP contribution >= 0.6 is 31.9 Å². The first-order chi connectivity index (χ1) is 7.99. The van der Waals surface area contributed by atoms with Gasteiger partial charge in [-0.05, 0) is 31.9 Å². The summed E-state index contributed by atoms with van der Waals surface area (Å²) in [4.78, 5) is 32.4. The fraction of sp³-hybridized carbons (Fsp3) is 0.333. The number of aromatic nitrogens is 2. The normalized spacial score (nSPS) is 19.8. The lowest BCUT2D eigenvalue weighted by molar-refractivity contribution is -0.123. The number of hydrogen-bond acceptors (Lipinski definition) is 4. The van der Waals surface area contributed by atoms with Crippen LogP contribution in [0.4, 0.5) is 5.82 Å². The first kappa shape index (κ1) is 12.4. The molecule has 1 saturated heterocycles. The molecule has 0 saturated carbocycles. The van der Waals surface area contributed by atoms with Crippen molar-refractivity contribution in [1.82, 2.24) is 9.97 Å². The minimum atomic E-state index is -0.470. The van der Waals surface area contributed by atoms with Gasteiger partial charge < -0.3 is 5.73 Å². The Kier molecular flexibility index (Phi) is 3.43. The molecule has 1 aromatic rings. The summed E-state index contributed by atoms with van der Waals surface area (Å²) in [6, 6.07) is 0. The summed E-state index contributed by atoms with van der Waals surface area (Å²) in [6.07, 6.45) is 1.62. The molecule has 2 amide bonds. The molecular weight excluding hydrogens is 356 g/mol. The van der Waals surface area contributed by atoms with E-state index in [-0.39, 0.29) is 18.9 Å².